The number of nitrogens with one attached hydrogen (secondary N) is 1. The molecule has 24 heavy (non-hydrogen) atoms. The van der Waals surface area contributed by atoms with Crippen LogP contribution in [0.25, 0.3) is 0 Å². The van der Waals surface area contributed by atoms with Gasteiger partial charge in [-0.3, -0.25) is 4.79 Å². The van der Waals surface area contributed by atoms with Gasteiger partial charge >= 0.3 is 0 Å². The number of rotatable bonds is 4. The fourth-order valence-electron chi connectivity index (χ4n) is 3.10. The molecule has 1 aliphatic heterocycles. The van der Waals surface area contributed by atoms with E-state index < -0.39 is 0 Å². The zero-order valence-electron chi connectivity index (χ0n) is 14.2. The number of carbonyl (C=O) groups is 1. The van der Waals surface area contributed by atoms with Crippen LogP contribution in [-0.4, -0.2) is 33.7 Å². The predicted octanol–water partition coefficient (Wildman–Crippen LogP) is 3.01. The molecule has 5 heteroatoms. The molecule has 0 radical (unpaired) electrons. The number of hydrogen-bond donors (Lipinski definition) is 1. The van der Waals surface area contributed by atoms with Crippen LogP contribution in [0.2, 0.25) is 0 Å². The van der Waals surface area contributed by atoms with E-state index in [1.807, 2.05) is 12.1 Å². The second-order valence-electron chi connectivity index (χ2n) is 5.86. The number of methoxy groups -OCH3 is 2. The van der Waals surface area contributed by atoms with Crippen molar-refractivity contribution in [3.8, 4) is 11.5 Å². The van der Waals surface area contributed by atoms with Crippen molar-refractivity contribution in [1.82, 2.24) is 5.32 Å². The van der Waals surface area contributed by atoms with Crippen LogP contribution in [0.4, 0.5) is 5.69 Å². The molecule has 5 nitrogen and oxygen atoms in total. The SMILES string of the molecule is COc1ccc(C(=O)NC2CCN(C)c3ccccc32)cc1OC. The number of carbonyl (C=O) groups excluding carboxylic acids is 1. The van der Waals surface area contributed by atoms with E-state index in [9.17, 15) is 4.79 Å². The summed E-state index contributed by atoms with van der Waals surface area (Å²) in [5.41, 5.74) is 2.88. The minimum Gasteiger partial charge on any atom is -0.493 e. The van der Waals surface area contributed by atoms with Crippen molar-refractivity contribution in [1.29, 1.82) is 0 Å². The molecular formula is C19H22N2O3. The van der Waals surface area contributed by atoms with E-state index in [2.05, 4.69) is 29.4 Å². The molecule has 0 aromatic heterocycles. The van der Waals surface area contributed by atoms with Crippen LogP contribution in [0.15, 0.2) is 42.5 Å². The summed E-state index contributed by atoms with van der Waals surface area (Å²) < 4.78 is 10.5. The fraction of sp³-hybridized carbons (Fsp3) is 0.316. The number of para-hydroxylation sites is 1. The summed E-state index contributed by atoms with van der Waals surface area (Å²) in [6.07, 6.45) is 0.881. The Labute approximate surface area is 142 Å². The minimum absolute atomic E-state index is 0.0120. The number of benzene rings is 2. The van der Waals surface area contributed by atoms with Crippen molar-refractivity contribution in [3.05, 3.63) is 53.6 Å². The summed E-state index contributed by atoms with van der Waals surface area (Å²) in [4.78, 5) is 14.9. The maximum absolute atomic E-state index is 12.7. The summed E-state index contributed by atoms with van der Waals surface area (Å²) in [6.45, 7) is 0.911. The molecule has 126 valence electrons. The Morgan fingerprint density at radius 3 is 2.62 bits per heavy atom. The van der Waals surface area contributed by atoms with Gasteiger partial charge in [0, 0.05) is 24.8 Å². The van der Waals surface area contributed by atoms with Crippen LogP contribution in [0.1, 0.15) is 28.4 Å². The fourth-order valence-corrected chi connectivity index (χ4v) is 3.10. The van der Waals surface area contributed by atoms with Gasteiger partial charge in [-0.15, -0.1) is 0 Å². The summed E-state index contributed by atoms with van der Waals surface area (Å²) in [7, 11) is 5.21. The first-order chi connectivity index (χ1) is 11.6. The number of amides is 1. The highest BCUT2D eigenvalue weighted by molar-refractivity contribution is 5.95. The summed E-state index contributed by atoms with van der Waals surface area (Å²) in [5, 5.41) is 3.14. The van der Waals surface area contributed by atoms with Gasteiger partial charge in [-0.2, -0.15) is 0 Å². The topological polar surface area (TPSA) is 50.8 Å². The Morgan fingerprint density at radius 2 is 1.88 bits per heavy atom. The first-order valence-corrected chi connectivity index (χ1v) is 7.97. The highest BCUT2D eigenvalue weighted by atomic mass is 16.5. The van der Waals surface area contributed by atoms with E-state index in [0.29, 0.717) is 17.1 Å². The third-order valence-electron chi connectivity index (χ3n) is 4.43. The molecule has 1 unspecified atom stereocenters. The van der Waals surface area contributed by atoms with Gasteiger partial charge in [-0.25, -0.2) is 0 Å². The third-order valence-corrected chi connectivity index (χ3v) is 4.43. The Hall–Kier alpha value is -2.69. The van der Waals surface area contributed by atoms with E-state index >= 15 is 0 Å². The molecule has 0 spiro atoms. The molecule has 1 N–H and O–H groups in total. The standard InChI is InChI=1S/C19H22N2O3/c1-21-11-10-15(14-6-4-5-7-16(14)21)20-19(22)13-8-9-17(23-2)18(12-13)24-3/h4-9,12,15H,10-11H2,1-3H3,(H,20,22). The summed E-state index contributed by atoms with van der Waals surface area (Å²) >= 11 is 0. The van der Waals surface area contributed by atoms with Crippen molar-refractivity contribution < 1.29 is 14.3 Å². The first-order valence-electron chi connectivity index (χ1n) is 7.97. The van der Waals surface area contributed by atoms with Crippen molar-refractivity contribution in [3.63, 3.8) is 0 Å². The van der Waals surface area contributed by atoms with Gasteiger partial charge in [-0.05, 0) is 36.2 Å². The summed E-state index contributed by atoms with van der Waals surface area (Å²) in [5.74, 6) is 1.05. The highest BCUT2D eigenvalue weighted by Gasteiger charge is 2.24. The molecule has 0 saturated carbocycles. The molecule has 3 rings (SSSR count). The zero-order chi connectivity index (χ0) is 17.1. The Balaban J connectivity index is 1.82. The van der Waals surface area contributed by atoms with E-state index in [4.69, 9.17) is 9.47 Å². The lowest BCUT2D eigenvalue weighted by Crippen LogP contribution is -2.36. The maximum atomic E-state index is 12.7. The number of nitrogens with zero attached hydrogens (tertiary/aromatic N) is 1. The van der Waals surface area contributed by atoms with Crippen LogP contribution in [-0.2, 0) is 0 Å². The van der Waals surface area contributed by atoms with Gasteiger partial charge in [0.15, 0.2) is 11.5 Å². The Bertz CT molecular complexity index is 745. The average molecular weight is 326 g/mol. The molecule has 1 heterocycles. The van der Waals surface area contributed by atoms with Gasteiger partial charge in [0.2, 0.25) is 0 Å². The average Bonchev–Trinajstić information content (AvgIpc) is 2.63. The molecule has 0 saturated heterocycles. The van der Waals surface area contributed by atoms with Gasteiger partial charge < -0.3 is 19.7 Å². The lowest BCUT2D eigenvalue weighted by molar-refractivity contribution is 0.0934. The van der Waals surface area contributed by atoms with Crippen molar-refractivity contribution in [2.24, 2.45) is 0 Å². The first kappa shape index (κ1) is 16.2. The van der Waals surface area contributed by atoms with Crippen LogP contribution in [0.5, 0.6) is 11.5 Å². The predicted molar refractivity (Wildman–Crippen MR) is 94.1 cm³/mol. The van der Waals surface area contributed by atoms with Crippen molar-refractivity contribution >= 4 is 11.6 Å². The van der Waals surface area contributed by atoms with E-state index in [1.165, 1.54) is 5.69 Å². The smallest absolute Gasteiger partial charge is 0.251 e. The van der Waals surface area contributed by atoms with Crippen molar-refractivity contribution in [2.45, 2.75) is 12.5 Å². The van der Waals surface area contributed by atoms with Crippen LogP contribution in [0.3, 0.4) is 0 Å². The monoisotopic (exact) mass is 326 g/mol. The third kappa shape index (κ3) is 3.02. The molecule has 1 aliphatic rings. The van der Waals surface area contributed by atoms with E-state index in [-0.39, 0.29) is 11.9 Å². The molecular weight excluding hydrogens is 304 g/mol. The molecule has 1 amide bonds. The second-order valence-corrected chi connectivity index (χ2v) is 5.86. The molecule has 2 aromatic carbocycles. The van der Waals surface area contributed by atoms with Crippen molar-refractivity contribution in [2.75, 3.05) is 32.7 Å². The molecule has 0 aliphatic carbocycles. The number of anilines is 1. The van der Waals surface area contributed by atoms with E-state index in [0.717, 1.165) is 18.5 Å². The number of hydrogen-bond acceptors (Lipinski definition) is 4. The Morgan fingerprint density at radius 1 is 1.12 bits per heavy atom. The van der Waals surface area contributed by atoms with Gasteiger partial charge in [-0.1, -0.05) is 18.2 Å². The Kier molecular flexibility index (Phi) is 4.60. The number of ether oxygens (including phenoxy) is 2. The van der Waals surface area contributed by atoms with Gasteiger partial charge in [0.05, 0.1) is 20.3 Å². The molecule has 1 atom stereocenters. The highest BCUT2D eigenvalue weighted by Crippen LogP contribution is 2.33. The lowest BCUT2D eigenvalue weighted by atomic mass is 9.96. The number of fused-ring (bicyclic) bond motifs is 1. The largest absolute Gasteiger partial charge is 0.493 e. The second kappa shape index (κ2) is 6.83. The normalized spacial score (nSPS) is 16.3. The zero-order valence-corrected chi connectivity index (χ0v) is 14.2. The van der Waals surface area contributed by atoms with E-state index in [1.54, 1.807) is 32.4 Å². The van der Waals surface area contributed by atoms with Gasteiger partial charge in [0.1, 0.15) is 0 Å². The lowest BCUT2D eigenvalue weighted by Gasteiger charge is -2.33. The van der Waals surface area contributed by atoms with Crippen LogP contribution in [0, 0.1) is 0 Å². The summed E-state index contributed by atoms with van der Waals surface area (Å²) in [6, 6.07) is 13.4. The molecule has 0 fully saturated rings. The molecule has 0 bridgehead atoms. The molecule has 2 aromatic rings. The van der Waals surface area contributed by atoms with Gasteiger partial charge in [0.25, 0.3) is 5.91 Å². The van der Waals surface area contributed by atoms with Crippen LogP contribution >= 0.6 is 0 Å². The minimum atomic E-state index is -0.111. The van der Waals surface area contributed by atoms with Crippen LogP contribution < -0.4 is 19.7 Å². The maximum Gasteiger partial charge on any atom is 0.251 e. The quantitative estimate of drug-likeness (QED) is 0.938.